The fraction of sp³-hybridized carbons (Fsp3) is 0.286. The van der Waals surface area contributed by atoms with Crippen molar-refractivity contribution in [2.75, 3.05) is 14.2 Å². The third-order valence-corrected chi connectivity index (χ3v) is 2.99. The lowest BCUT2D eigenvalue weighted by Crippen LogP contribution is -2.11. The first-order valence-electron chi connectivity index (χ1n) is 5.88. The van der Waals surface area contributed by atoms with Crippen LogP contribution in [0.2, 0.25) is 0 Å². The Morgan fingerprint density at radius 1 is 1.06 bits per heavy atom. The Labute approximate surface area is 107 Å². The molecule has 1 N–H and O–H groups in total. The van der Waals surface area contributed by atoms with Crippen LogP contribution in [0.25, 0.3) is 11.1 Å². The highest BCUT2D eigenvalue weighted by molar-refractivity contribution is 5.61. The molecule has 2 aromatic rings. The second-order valence-electron chi connectivity index (χ2n) is 4.09. The lowest BCUT2D eigenvalue weighted by Gasteiger charge is -2.11. The minimum atomic E-state index is 0.353. The van der Waals surface area contributed by atoms with Gasteiger partial charge in [0.1, 0.15) is 0 Å². The van der Waals surface area contributed by atoms with Crippen molar-refractivity contribution >= 4 is 0 Å². The van der Waals surface area contributed by atoms with Gasteiger partial charge in [0.2, 0.25) is 0 Å². The average Bonchev–Trinajstić information content (AvgIpc) is 2.47. The molecule has 0 amide bonds. The van der Waals surface area contributed by atoms with Crippen LogP contribution in [-0.4, -0.2) is 24.1 Å². The van der Waals surface area contributed by atoms with E-state index in [9.17, 15) is 0 Å². The number of benzene rings is 1. The number of aromatic nitrogens is 2. The average molecular weight is 243 g/mol. The quantitative estimate of drug-likeness (QED) is 0.896. The molecule has 0 fully saturated rings. The number of hydrogen-bond acceptors (Lipinski definition) is 4. The summed E-state index contributed by atoms with van der Waals surface area (Å²) in [5.74, 6) is 0. The van der Waals surface area contributed by atoms with Crippen LogP contribution in [0, 0.1) is 0 Å². The maximum absolute atomic E-state index is 4.94. The zero-order chi connectivity index (χ0) is 13.0. The van der Waals surface area contributed by atoms with Crippen LogP contribution >= 0.6 is 0 Å². The highest BCUT2D eigenvalue weighted by atomic mass is 16.5. The topological polar surface area (TPSA) is 47.0 Å². The minimum Gasteiger partial charge on any atom is -0.467 e. The first kappa shape index (κ1) is 12.5. The van der Waals surface area contributed by atoms with E-state index >= 15 is 0 Å². The molecule has 0 aliphatic carbocycles. The van der Waals surface area contributed by atoms with Crippen LogP contribution in [0.15, 0.2) is 36.7 Å². The molecule has 1 atom stereocenters. The number of hydrogen-bond donors (Lipinski definition) is 1. The Morgan fingerprint density at radius 2 is 1.67 bits per heavy atom. The molecule has 0 aliphatic rings. The molecule has 18 heavy (non-hydrogen) atoms. The zero-order valence-electron chi connectivity index (χ0n) is 10.8. The van der Waals surface area contributed by atoms with Crippen molar-refractivity contribution < 1.29 is 4.74 Å². The summed E-state index contributed by atoms with van der Waals surface area (Å²) < 4.78 is 4.94. The number of rotatable bonds is 4. The van der Waals surface area contributed by atoms with E-state index in [-0.39, 0.29) is 0 Å². The standard InChI is InChI=1S/C14H17N3O/c1-10(15-2)11-4-6-12(7-5-11)13-8-16-14(18-3)17-9-13/h4-10,15H,1-3H3. The van der Waals surface area contributed by atoms with E-state index in [0.29, 0.717) is 12.1 Å². The van der Waals surface area contributed by atoms with E-state index in [1.807, 2.05) is 7.05 Å². The van der Waals surface area contributed by atoms with Crippen LogP contribution < -0.4 is 10.1 Å². The largest absolute Gasteiger partial charge is 0.467 e. The van der Waals surface area contributed by atoms with Gasteiger partial charge in [-0.15, -0.1) is 0 Å². The summed E-state index contributed by atoms with van der Waals surface area (Å²) in [7, 11) is 3.51. The van der Waals surface area contributed by atoms with E-state index in [0.717, 1.165) is 11.1 Å². The molecular weight excluding hydrogens is 226 g/mol. The van der Waals surface area contributed by atoms with Gasteiger partial charge < -0.3 is 10.1 Å². The maximum atomic E-state index is 4.94. The summed E-state index contributed by atoms with van der Waals surface area (Å²) in [6.45, 7) is 2.13. The first-order chi connectivity index (χ1) is 8.74. The van der Waals surface area contributed by atoms with Crippen molar-refractivity contribution in [2.24, 2.45) is 0 Å². The van der Waals surface area contributed by atoms with Gasteiger partial charge in [-0.2, -0.15) is 0 Å². The van der Waals surface area contributed by atoms with Crippen LogP contribution in [0.4, 0.5) is 0 Å². The van der Waals surface area contributed by atoms with E-state index in [1.165, 1.54) is 5.56 Å². The Balaban J connectivity index is 2.22. The van der Waals surface area contributed by atoms with E-state index in [2.05, 4.69) is 46.5 Å². The van der Waals surface area contributed by atoms with Gasteiger partial charge in [0.15, 0.2) is 0 Å². The molecule has 4 heteroatoms. The molecule has 0 saturated heterocycles. The predicted molar refractivity (Wildman–Crippen MR) is 71.5 cm³/mol. The monoisotopic (exact) mass is 243 g/mol. The highest BCUT2D eigenvalue weighted by Crippen LogP contribution is 2.21. The molecule has 1 aromatic carbocycles. The third kappa shape index (κ3) is 2.65. The van der Waals surface area contributed by atoms with Gasteiger partial charge in [-0.25, -0.2) is 9.97 Å². The molecule has 1 heterocycles. The second-order valence-corrected chi connectivity index (χ2v) is 4.09. The van der Waals surface area contributed by atoms with Gasteiger partial charge in [0, 0.05) is 24.0 Å². The van der Waals surface area contributed by atoms with Gasteiger partial charge in [-0.3, -0.25) is 0 Å². The number of nitrogens with one attached hydrogen (secondary N) is 1. The Hall–Kier alpha value is -1.94. The zero-order valence-corrected chi connectivity index (χ0v) is 10.8. The lowest BCUT2D eigenvalue weighted by molar-refractivity contribution is 0.380. The van der Waals surface area contributed by atoms with E-state index in [1.54, 1.807) is 19.5 Å². The molecule has 94 valence electrons. The molecular formula is C14H17N3O. The first-order valence-corrected chi connectivity index (χ1v) is 5.88. The molecule has 0 radical (unpaired) electrons. The summed E-state index contributed by atoms with van der Waals surface area (Å²) in [4.78, 5) is 8.20. The molecule has 0 saturated carbocycles. The summed E-state index contributed by atoms with van der Waals surface area (Å²) in [6, 6.07) is 9.12. The maximum Gasteiger partial charge on any atom is 0.316 e. The van der Waals surface area contributed by atoms with Crippen molar-refractivity contribution in [1.29, 1.82) is 0 Å². The predicted octanol–water partition coefficient (Wildman–Crippen LogP) is 2.43. The van der Waals surface area contributed by atoms with Crippen molar-refractivity contribution in [3.63, 3.8) is 0 Å². The number of methoxy groups -OCH3 is 1. The van der Waals surface area contributed by atoms with Gasteiger partial charge in [0.05, 0.1) is 7.11 Å². The second kappa shape index (κ2) is 5.60. The van der Waals surface area contributed by atoms with Crippen molar-refractivity contribution in [3.05, 3.63) is 42.2 Å². The molecule has 4 nitrogen and oxygen atoms in total. The Bertz CT molecular complexity index is 493. The smallest absolute Gasteiger partial charge is 0.316 e. The molecule has 1 unspecified atom stereocenters. The summed E-state index contributed by atoms with van der Waals surface area (Å²) in [5.41, 5.74) is 3.35. The fourth-order valence-electron chi connectivity index (χ4n) is 1.70. The molecule has 0 spiro atoms. The normalized spacial score (nSPS) is 12.2. The summed E-state index contributed by atoms with van der Waals surface area (Å²) >= 11 is 0. The number of nitrogens with zero attached hydrogens (tertiary/aromatic N) is 2. The van der Waals surface area contributed by atoms with Gasteiger partial charge in [-0.1, -0.05) is 24.3 Å². The van der Waals surface area contributed by atoms with Gasteiger partial charge in [-0.05, 0) is 25.1 Å². The SMILES string of the molecule is CNC(C)c1ccc(-c2cnc(OC)nc2)cc1. The Morgan fingerprint density at radius 3 is 2.17 bits per heavy atom. The van der Waals surface area contributed by atoms with Gasteiger partial charge >= 0.3 is 6.01 Å². The van der Waals surface area contributed by atoms with Crippen LogP contribution in [0.1, 0.15) is 18.5 Å². The van der Waals surface area contributed by atoms with Crippen LogP contribution in [-0.2, 0) is 0 Å². The summed E-state index contributed by atoms with van der Waals surface area (Å²) in [5, 5.41) is 3.21. The lowest BCUT2D eigenvalue weighted by atomic mass is 10.0. The molecule has 1 aromatic heterocycles. The molecule has 0 aliphatic heterocycles. The number of ether oxygens (including phenoxy) is 1. The van der Waals surface area contributed by atoms with Crippen molar-refractivity contribution in [2.45, 2.75) is 13.0 Å². The molecule has 0 bridgehead atoms. The highest BCUT2D eigenvalue weighted by Gasteiger charge is 2.04. The summed E-state index contributed by atoms with van der Waals surface area (Å²) in [6.07, 6.45) is 3.53. The van der Waals surface area contributed by atoms with Crippen molar-refractivity contribution in [1.82, 2.24) is 15.3 Å². The van der Waals surface area contributed by atoms with Crippen LogP contribution in [0.3, 0.4) is 0 Å². The van der Waals surface area contributed by atoms with Crippen LogP contribution in [0.5, 0.6) is 6.01 Å². The van der Waals surface area contributed by atoms with E-state index in [4.69, 9.17) is 4.74 Å². The van der Waals surface area contributed by atoms with E-state index < -0.39 is 0 Å². The van der Waals surface area contributed by atoms with Gasteiger partial charge in [0.25, 0.3) is 0 Å². The minimum absolute atomic E-state index is 0.353. The third-order valence-electron chi connectivity index (χ3n) is 2.99. The fourth-order valence-corrected chi connectivity index (χ4v) is 1.70. The molecule has 2 rings (SSSR count). The Kier molecular flexibility index (Phi) is 3.89. The van der Waals surface area contributed by atoms with Crippen molar-refractivity contribution in [3.8, 4) is 17.1 Å².